The van der Waals surface area contributed by atoms with Gasteiger partial charge in [-0.2, -0.15) is 0 Å². The molecule has 0 spiro atoms. The third-order valence-corrected chi connectivity index (χ3v) is 2.70. The summed E-state index contributed by atoms with van der Waals surface area (Å²) in [7, 11) is 0. The van der Waals surface area contributed by atoms with Crippen molar-refractivity contribution in [3.8, 4) is 0 Å². The number of nitrogens with zero attached hydrogens (tertiary/aromatic N) is 2. The van der Waals surface area contributed by atoms with Crippen molar-refractivity contribution in [3.63, 3.8) is 0 Å². The van der Waals surface area contributed by atoms with E-state index in [1.54, 1.807) is 4.90 Å². The van der Waals surface area contributed by atoms with Crippen LogP contribution in [0.4, 0.5) is 0 Å². The van der Waals surface area contributed by atoms with E-state index >= 15 is 0 Å². The first-order chi connectivity index (χ1) is 8.15. The number of aromatic nitrogens is 1. The van der Waals surface area contributed by atoms with Gasteiger partial charge in [-0.15, -0.1) is 0 Å². The van der Waals surface area contributed by atoms with Crippen molar-refractivity contribution in [1.29, 1.82) is 0 Å². The highest BCUT2D eigenvalue weighted by Gasteiger charge is 2.20. The molecule has 0 atom stereocenters. The molecular weight excluding hydrogens is 218 g/mol. The molecule has 1 aromatic rings. The van der Waals surface area contributed by atoms with Crippen molar-refractivity contribution in [2.24, 2.45) is 0 Å². The molecule has 1 saturated heterocycles. The number of hydrogen-bond donors (Lipinski definition) is 1. The van der Waals surface area contributed by atoms with Gasteiger partial charge in [0.25, 0.3) is 0 Å². The summed E-state index contributed by atoms with van der Waals surface area (Å²) in [4.78, 5) is 28.9. The summed E-state index contributed by atoms with van der Waals surface area (Å²) in [5, 5.41) is 2.57. The molecule has 0 aliphatic carbocycles. The second kappa shape index (κ2) is 4.95. The van der Waals surface area contributed by atoms with Gasteiger partial charge >= 0.3 is 0 Å². The first kappa shape index (κ1) is 11.6. The van der Waals surface area contributed by atoms with Gasteiger partial charge in [0.15, 0.2) is 0 Å². The number of aryl methyl sites for hydroxylation is 1. The molecule has 0 unspecified atom stereocenters. The van der Waals surface area contributed by atoms with Crippen molar-refractivity contribution in [1.82, 2.24) is 15.2 Å². The largest absolute Gasteiger partial charge is 0.347 e. The summed E-state index contributed by atoms with van der Waals surface area (Å²) < 4.78 is 0. The number of hydrogen-bond acceptors (Lipinski definition) is 3. The zero-order valence-corrected chi connectivity index (χ0v) is 9.77. The Labute approximate surface area is 99.8 Å². The van der Waals surface area contributed by atoms with E-state index in [0.29, 0.717) is 19.5 Å². The van der Waals surface area contributed by atoms with Crippen LogP contribution >= 0.6 is 0 Å². The van der Waals surface area contributed by atoms with Crippen LogP contribution in [0.25, 0.3) is 0 Å². The average molecular weight is 233 g/mol. The topological polar surface area (TPSA) is 62.3 Å². The summed E-state index contributed by atoms with van der Waals surface area (Å²) in [6.07, 6.45) is 0.359. The second-order valence-electron chi connectivity index (χ2n) is 4.11. The molecule has 5 nitrogen and oxygen atoms in total. The van der Waals surface area contributed by atoms with Crippen molar-refractivity contribution in [2.75, 3.05) is 13.1 Å². The van der Waals surface area contributed by atoms with Crippen LogP contribution in [-0.2, 0) is 16.1 Å². The third kappa shape index (κ3) is 3.03. The van der Waals surface area contributed by atoms with Gasteiger partial charge in [-0.3, -0.25) is 14.6 Å². The lowest BCUT2D eigenvalue weighted by atomic mass is 10.3. The van der Waals surface area contributed by atoms with Gasteiger partial charge in [-0.05, 0) is 19.1 Å². The summed E-state index contributed by atoms with van der Waals surface area (Å²) in [5.41, 5.74) is 1.78. The Morgan fingerprint density at radius 1 is 1.41 bits per heavy atom. The summed E-state index contributed by atoms with van der Waals surface area (Å²) in [6.45, 7) is 2.93. The highest BCUT2D eigenvalue weighted by atomic mass is 16.2. The van der Waals surface area contributed by atoms with E-state index in [9.17, 15) is 9.59 Å². The van der Waals surface area contributed by atoms with E-state index in [2.05, 4.69) is 10.3 Å². The lowest BCUT2D eigenvalue weighted by Crippen LogP contribution is -2.35. The normalized spacial score (nSPS) is 16.6. The van der Waals surface area contributed by atoms with E-state index in [0.717, 1.165) is 11.4 Å². The molecule has 0 bridgehead atoms. The lowest BCUT2D eigenvalue weighted by molar-refractivity contribution is -0.130. The predicted molar refractivity (Wildman–Crippen MR) is 62.0 cm³/mol. The van der Waals surface area contributed by atoms with E-state index in [1.165, 1.54) is 0 Å². The standard InChI is InChI=1S/C12H15N3O2/c1-9-3-2-4-10(14-9)8-15-6-5-11(16)13-7-12(15)17/h2-4H,5-8H2,1H3,(H,13,16). The fourth-order valence-corrected chi connectivity index (χ4v) is 1.79. The van der Waals surface area contributed by atoms with Gasteiger partial charge in [-0.25, -0.2) is 0 Å². The van der Waals surface area contributed by atoms with Crippen LogP contribution in [0.3, 0.4) is 0 Å². The highest BCUT2D eigenvalue weighted by molar-refractivity contribution is 5.87. The molecule has 1 aliphatic rings. The summed E-state index contributed by atoms with van der Waals surface area (Å²) in [5.74, 6) is -0.128. The van der Waals surface area contributed by atoms with Gasteiger partial charge < -0.3 is 10.2 Å². The Balaban J connectivity index is 2.07. The Morgan fingerprint density at radius 2 is 2.24 bits per heavy atom. The SMILES string of the molecule is Cc1cccc(CN2CCC(=O)NCC2=O)n1. The minimum absolute atomic E-state index is 0.0563. The number of pyridine rings is 1. The zero-order chi connectivity index (χ0) is 12.3. The van der Waals surface area contributed by atoms with Gasteiger partial charge in [0.2, 0.25) is 11.8 Å². The molecule has 0 saturated carbocycles. The first-order valence-electron chi connectivity index (χ1n) is 5.62. The van der Waals surface area contributed by atoms with Crippen molar-refractivity contribution in [3.05, 3.63) is 29.6 Å². The smallest absolute Gasteiger partial charge is 0.242 e. The summed E-state index contributed by atoms with van der Waals surface area (Å²) in [6, 6.07) is 5.72. The van der Waals surface area contributed by atoms with Gasteiger partial charge in [0.05, 0.1) is 18.8 Å². The van der Waals surface area contributed by atoms with Crippen LogP contribution < -0.4 is 5.32 Å². The molecule has 90 valence electrons. The van der Waals surface area contributed by atoms with Crippen LogP contribution in [0, 0.1) is 6.92 Å². The Hall–Kier alpha value is -1.91. The average Bonchev–Trinajstić information content (AvgIpc) is 2.45. The highest BCUT2D eigenvalue weighted by Crippen LogP contribution is 2.06. The fourth-order valence-electron chi connectivity index (χ4n) is 1.79. The molecule has 2 heterocycles. The molecule has 1 aromatic heterocycles. The van der Waals surface area contributed by atoms with Crippen molar-refractivity contribution >= 4 is 11.8 Å². The third-order valence-electron chi connectivity index (χ3n) is 2.70. The quantitative estimate of drug-likeness (QED) is 0.796. The minimum atomic E-state index is -0.0712. The maximum atomic E-state index is 11.7. The fraction of sp³-hybridized carbons (Fsp3) is 0.417. The molecule has 1 N–H and O–H groups in total. The monoisotopic (exact) mass is 233 g/mol. The number of carbonyl (C=O) groups excluding carboxylic acids is 2. The van der Waals surface area contributed by atoms with Gasteiger partial charge in [0, 0.05) is 18.7 Å². The molecular formula is C12H15N3O2. The molecule has 0 aromatic carbocycles. The van der Waals surface area contributed by atoms with E-state index in [4.69, 9.17) is 0 Å². The first-order valence-corrected chi connectivity index (χ1v) is 5.62. The van der Waals surface area contributed by atoms with Crippen LogP contribution in [0.5, 0.6) is 0 Å². The van der Waals surface area contributed by atoms with E-state index < -0.39 is 0 Å². The Bertz CT molecular complexity index is 445. The maximum absolute atomic E-state index is 11.7. The van der Waals surface area contributed by atoms with Crippen LogP contribution in [0.15, 0.2) is 18.2 Å². The minimum Gasteiger partial charge on any atom is -0.347 e. The Kier molecular flexibility index (Phi) is 3.37. The molecule has 1 aliphatic heterocycles. The number of carbonyl (C=O) groups is 2. The molecule has 5 heteroatoms. The molecule has 2 rings (SSSR count). The molecule has 1 fully saturated rings. The number of rotatable bonds is 2. The molecule has 2 amide bonds. The van der Waals surface area contributed by atoms with Crippen LogP contribution in [0.2, 0.25) is 0 Å². The second-order valence-corrected chi connectivity index (χ2v) is 4.11. The van der Waals surface area contributed by atoms with E-state index in [-0.39, 0.29) is 18.4 Å². The molecule has 17 heavy (non-hydrogen) atoms. The van der Waals surface area contributed by atoms with Crippen LogP contribution in [0.1, 0.15) is 17.8 Å². The van der Waals surface area contributed by atoms with Crippen LogP contribution in [-0.4, -0.2) is 34.8 Å². The Morgan fingerprint density at radius 3 is 3.00 bits per heavy atom. The zero-order valence-electron chi connectivity index (χ0n) is 9.77. The summed E-state index contributed by atoms with van der Waals surface area (Å²) >= 11 is 0. The predicted octanol–water partition coefficient (Wildman–Crippen LogP) is 0.239. The maximum Gasteiger partial charge on any atom is 0.242 e. The van der Waals surface area contributed by atoms with Crippen molar-refractivity contribution < 1.29 is 9.59 Å². The number of nitrogens with one attached hydrogen (secondary N) is 1. The van der Waals surface area contributed by atoms with Gasteiger partial charge in [0.1, 0.15) is 0 Å². The van der Waals surface area contributed by atoms with Crippen molar-refractivity contribution in [2.45, 2.75) is 19.9 Å². The molecule has 0 radical (unpaired) electrons. The lowest BCUT2D eigenvalue weighted by Gasteiger charge is -2.19. The van der Waals surface area contributed by atoms with E-state index in [1.807, 2.05) is 25.1 Å². The van der Waals surface area contributed by atoms with Gasteiger partial charge in [-0.1, -0.05) is 6.07 Å². The number of amides is 2.